The highest BCUT2D eigenvalue weighted by atomic mass is 14.9. The lowest BCUT2D eigenvalue weighted by atomic mass is 10.0. The zero-order valence-corrected chi connectivity index (χ0v) is 25.2. The lowest BCUT2D eigenvalue weighted by Crippen LogP contribution is -2.00. The molecule has 0 saturated carbocycles. The Labute approximate surface area is 247 Å². The van der Waals surface area contributed by atoms with E-state index in [-0.39, 0.29) is 0 Å². The maximum absolute atomic E-state index is 5.88. The van der Waals surface area contributed by atoms with Gasteiger partial charge in [0.15, 0.2) is 0 Å². The van der Waals surface area contributed by atoms with Gasteiger partial charge in [0, 0.05) is 29.4 Å². The third-order valence-electron chi connectivity index (χ3n) is 6.97. The summed E-state index contributed by atoms with van der Waals surface area (Å²) in [5.74, 6) is 3.09. The molecular weight excluding hydrogens is 520 g/mol. The Morgan fingerprint density at radius 2 is 1.00 bits per heavy atom. The molecular formula is C34H40N8. The Morgan fingerprint density at radius 3 is 1.62 bits per heavy atom. The number of anilines is 3. The predicted molar refractivity (Wildman–Crippen MR) is 176 cm³/mol. The first kappa shape index (κ1) is 30.1. The summed E-state index contributed by atoms with van der Waals surface area (Å²) in [7, 11) is 0. The Hall–Kier alpha value is -4.85. The van der Waals surface area contributed by atoms with E-state index in [2.05, 4.69) is 84.7 Å². The average Bonchev–Trinajstić information content (AvgIpc) is 2.96. The van der Waals surface area contributed by atoms with Crippen molar-refractivity contribution in [3.05, 3.63) is 95.9 Å². The molecule has 8 nitrogen and oxygen atoms in total. The minimum atomic E-state index is 0.383. The monoisotopic (exact) mass is 560 g/mol. The first-order valence-corrected chi connectivity index (χ1v) is 14.2. The first-order chi connectivity index (χ1) is 20.0. The number of rotatable bonds is 3. The maximum atomic E-state index is 5.88. The number of para-hydroxylation sites is 1. The molecule has 5 aromatic heterocycles. The molecule has 0 saturated heterocycles. The van der Waals surface area contributed by atoms with Gasteiger partial charge in [-0.3, -0.25) is 9.97 Å². The fourth-order valence-electron chi connectivity index (χ4n) is 4.61. The molecule has 6 aromatic rings. The third-order valence-corrected chi connectivity index (χ3v) is 6.97. The number of hydrogen-bond acceptors (Lipinski definition) is 8. The summed E-state index contributed by atoms with van der Waals surface area (Å²) in [6, 6.07) is 19.9. The van der Waals surface area contributed by atoms with E-state index in [0.29, 0.717) is 35.2 Å². The summed E-state index contributed by atoms with van der Waals surface area (Å²) < 4.78 is 0. The van der Waals surface area contributed by atoms with E-state index in [9.17, 15) is 0 Å². The molecule has 0 aliphatic heterocycles. The van der Waals surface area contributed by atoms with Crippen molar-refractivity contribution >= 4 is 50.3 Å². The molecule has 0 bridgehead atoms. The van der Waals surface area contributed by atoms with Crippen molar-refractivity contribution in [1.29, 1.82) is 0 Å². The highest BCUT2D eigenvalue weighted by Gasteiger charge is 2.09. The van der Waals surface area contributed by atoms with Crippen molar-refractivity contribution in [2.45, 2.75) is 59.3 Å². The van der Waals surface area contributed by atoms with E-state index in [1.165, 1.54) is 0 Å². The van der Waals surface area contributed by atoms with Gasteiger partial charge in [-0.2, -0.15) is 0 Å². The quantitative estimate of drug-likeness (QED) is 0.201. The van der Waals surface area contributed by atoms with Crippen LogP contribution in [-0.2, 0) is 0 Å². The number of hydrogen-bond donors (Lipinski definition) is 3. The van der Waals surface area contributed by atoms with Crippen molar-refractivity contribution in [2.75, 3.05) is 17.2 Å². The molecule has 1 aromatic carbocycles. The van der Waals surface area contributed by atoms with Crippen LogP contribution in [-0.4, -0.2) is 24.9 Å². The van der Waals surface area contributed by atoms with Gasteiger partial charge in [0.2, 0.25) is 0 Å². The van der Waals surface area contributed by atoms with Crippen molar-refractivity contribution in [3.8, 4) is 0 Å². The molecule has 6 N–H and O–H groups in total. The maximum Gasteiger partial charge on any atom is 0.127 e. The molecule has 0 aliphatic carbocycles. The van der Waals surface area contributed by atoms with Gasteiger partial charge in [-0.25, -0.2) is 15.0 Å². The SMILES string of the molecule is CC(C)c1cc2ccccc2nc1N.CC(C)c1cc2cnccc2nc1N.CC(C)c1cc2ncccc2nc1N. The molecule has 8 heteroatoms. The van der Waals surface area contributed by atoms with Crippen LogP contribution in [0.5, 0.6) is 0 Å². The van der Waals surface area contributed by atoms with Crippen molar-refractivity contribution < 1.29 is 0 Å². The summed E-state index contributed by atoms with van der Waals surface area (Å²) in [5.41, 5.74) is 24.5. The van der Waals surface area contributed by atoms with Crippen molar-refractivity contribution in [2.24, 2.45) is 0 Å². The molecule has 5 heterocycles. The molecule has 0 aliphatic rings. The van der Waals surface area contributed by atoms with Gasteiger partial charge in [-0.05, 0) is 76.9 Å². The smallest absolute Gasteiger partial charge is 0.127 e. The molecule has 0 fully saturated rings. The molecule has 0 radical (unpaired) electrons. The number of aromatic nitrogens is 5. The number of nitrogen functional groups attached to an aromatic ring is 3. The Bertz CT molecular complexity index is 1600. The lowest BCUT2D eigenvalue weighted by molar-refractivity contribution is 0.865. The minimum absolute atomic E-state index is 0.383. The van der Waals surface area contributed by atoms with Gasteiger partial charge < -0.3 is 17.2 Å². The number of nitrogens with zero attached hydrogens (tertiary/aromatic N) is 5. The minimum Gasteiger partial charge on any atom is -0.383 e. The summed E-state index contributed by atoms with van der Waals surface area (Å²) in [6.45, 7) is 12.7. The largest absolute Gasteiger partial charge is 0.383 e. The number of nitrogens with two attached hydrogens (primary N) is 3. The van der Waals surface area contributed by atoms with Crippen LogP contribution in [0.25, 0.3) is 32.8 Å². The van der Waals surface area contributed by atoms with Crippen LogP contribution in [0.3, 0.4) is 0 Å². The van der Waals surface area contributed by atoms with Crippen LogP contribution in [0.1, 0.15) is 76.0 Å². The number of fused-ring (bicyclic) bond motifs is 3. The van der Waals surface area contributed by atoms with E-state index >= 15 is 0 Å². The van der Waals surface area contributed by atoms with Gasteiger partial charge in [-0.1, -0.05) is 59.7 Å². The second kappa shape index (κ2) is 13.2. The van der Waals surface area contributed by atoms with Crippen molar-refractivity contribution in [3.63, 3.8) is 0 Å². The second-order valence-corrected chi connectivity index (χ2v) is 11.2. The van der Waals surface area contributed by atoms with E-state index < -0.39 is 0 Å². The highest BCUT2D eigenvalue weighted by molar-refractivity contribution is 5.82. The first-order valence-electron chi connectivity index (χ1n) is 14.2. The average molecular weight is 561 g/mol. The number of benzene rings is 1. The van der Waals surface area contributed by atoms with E-state index in [1.807, 2.05) is 48.7 Å². The highest BCUT2D eigenvalue weighted by Crippen LogP contribution is 2.26. The standard InChI is InChI=1S/C12H14N2.2C11H13N3/c1-8(2)10-7-9-5-3-4-6-11(9)14-12(10)13;1-7(2)9-5-8-6-13-4-3-10(8)14-11(9)12;1-7(2)8-6-10-9(14-11(8)12)4-3-5-13-10/h3-8H,1-2H3,(H2,13,14);2*3-7H,1-2H3,(H2,12,14). The zero-order valence-electron chi connectivity index (χ0n) is 25.2. The van der Waals surface area contributed by atoms with Crippen LogP contribution in [0.15, 0.2) is 79.3 Å². The molecule has 0 unspecified atom stereocenters. The Balaban J connectivity index is 0.000000145. The van der Waals surface area contributed by atoms with Gasteiger partial charge in [0.1, 0.15) is 17.5 Å². The van der Waals surface area contributed by atoms with Crippen LogP contribution in [0, 0.1) is 0 Å². The third kappa shape index (κ3) is 7.07. The lowest BCUT2D eigenvalue weighted by Gasteiger charge is -2.09. The fraction of sp³-hybridized carbons (Fsp3) is 0.265. The van der Waals surface area contributed by atoms with Crippen LogP contribution in [0.4, 0.5) is 17.5 Å². The van der Waals surface area contributed by atoms with Gasteiger partial charge in [0.05, 0.1) is 22.1 Å². The molecule has 42 heavy (non-hydrogen) atoms. The van der Waals surface area contributed by atoms with E-state index in [1.54, 1.807) is 12.4 Å². The van der Waals surface area contributed by atoms with Crippen LogP contribution in [0.2, 0.25) is 0 Å². The summed E-state index contributed by atoms with van der Waals surface area (Å²) in [4.78, 5) is 21.3. The number of pyridine rings is 5. The van der Waals surface area contributed by atoms with Gasteiger partial charge in [-0.15, -0.1) is 0 Å². The zero-order chi connectivity index (χ0) is 30.4. The normalized spacial score (nSPS) is 11.1. The van der Waals surface area contributed by atoms with Gasteiger partial charge in [0.25, 0.3) is 0 Å². The molecule has 0 amide bonds. The summed E-state index contributed by atoms with van der Waals surface area (Å²) >= 11 is 0. The molecule has 6 rings (SSSR count). The second-order valence-electron chi connectivity index (χ2n) is 11.2. The Kier molecular flexibility index (Phi) is 9.47. The summed E-state index contributed by atoms with van der Waals surface area (Å²) in [6.07, 6.45) is 5.31. The van der Waals surface area contributed by atoms with Crippen molar-refractivity contribution in [1.82, 2.24) is 24.9 Å². The van der Waals surface area contributed by atoms with Crippen LogP contribution < -0.4 is 17.2 Å². The van der Waals surface area contributed by atoms with E-state index in [0.717, 1.165) is 49.5 Å². The van der Waals surface area contributed by atoms with Crippen LogP contribution >= 0.6 is 0 Å². The Morgan fingerprint density at radius 1 is 0.500 bits per heavy atom. The molecule has 0 atom stereocenters. The fourth-order valence-corrected chi connectivity index (χ4v) is 4.61. The molecule has 0 spiro atoms. The van der Waals surface area contributed by atoms with Gasteiger partial charge >= 0.3 is 0 Å². The van der Waals surface area contributed by atoms with E-state index in [4.69, 9.17) is 17.2 Å². The predicted octanol–water partition coefficient (Wildman–Crippen LogP) is 7.61. The topological polar surface area (TPSA) is 143 Å². The molecule has 216 valence electrons. The summed E-state index contributed by atoms with van der Waals surface area (Å²) in [5, 5.41) is 2.20.